The Bertz CT molecular complexity index is 1470. The van der Waals surface area contributed by atoms with Crippen molar-refractivity contribution in [3.05, 3.63) is 41.0 Å². The zero-order chi connectivity index (χ0) is 34.9. The number of rotatable bonds is 11. The summed E-state index contributed by atoms with van der Waals surface area (Å²) in [6, 6.07) is 5.28. The Hall–Kier alpha value is -3.94. The standard InChI is InChI=1S/C31H38O17/c1-13-5-14-6-16(9-17(32)21(14)28(38)46-13)47-29-24(35)23(34)22(33)20(48-29)10-43-30-26(36)31(39,12-45-30)11-44-27(37)15-7-18(40-2)25(42-4)19(8-15)41-3/h6-9,13,20,22-24,26,29-30,32-36,39H,5,10-12H2,1-4H3/t13-,20-,22-,23+,24-,26+,29-,30-,31-/m1/s1. The number of benzene rings is 2. The van der Waals surface area contributed by atoms with Gasteiger partial charge in [-0.3, -0.25) is 0 Å². The smallest absolute Gasteiger partial charge is 0.342 e. The molecule has 3 aliphatic heterocycles. The molecule has 0 aliphatic carbocycles. The van der Waals surface area contributed by atoms with Crippen LogP contribution in [0.2, 0.25) is 0 Å². The van der Waals surface area contributed by atoms with Crippen LogP contribution in [-0.2, 0) is 30.1 Å². The molecule has 0 unspecified atom stereocenters. The quantitative estimate of drug-likeness (QED) is 0.156. The van der Waals surface area contributed by atoms with Crippen LogP contribution in [0.25, 0.3) is 0 Å². The number of esters is 2. The number of phenols is 1. The molecule has 3 aliphatic rings. The number of fused-ring (bicyclic) bond motifs is 1. The summed E-state index contributed by atoms with van der Waals surface area (Å²) in [5.74, 6) is -1.35. The summed E-state index contributed by atoms with van der Waals surface area (Å²) in [7, 11) is 4.14. The Balaban J connectivity index is 1.19. The lowest BCUT2D eigenvalue weighted by Crippen LogP contribution is -2.60. The predicted molar refractivity (Wildman–Crippen MR) is 157 cm³/mol. The largest absolute Gasteiger partial charge is 0.507 e. The molecule has 0 aromatic heterocycles. The van der Waals surface area contributed by atoms with Crippen LogP contribution in [0, 0.1) is 0 Å². The van der Waals surface area contributed by atoms with E-state index in [2.05, 4.69) is 0 Å². The molecule has 17 heteroatoms. The summed E-state index contributed by atoms with van der Waals surface area (Å²) in [5.41, 5.74) is -1.66. The first-order valence-electron chi connectivity index (χ1n) is 14.8. The summed E-state index contributed by atoms with van der Waals surface area (Å²) in [4.78, 5) is 25.0. The molecular formula is C31H38O17. The lowest BCUT2D eigenvalue weighted by Gasteiger charge is -2.40. The van der Waals surface area contributed by atoms with Gasteiger partial charge in [-0.15, -0.1) is 0 Å². The number of aromatic hydroxyl groups is 1. The second-order valence-corrected chi connectivity index (χ2v) is 11.6. The molecule has 2 saturated heterocycles. The number of aliphatic hydroxyl groups excluding tert-OH is 4. The molecule has 17 nitrogen and oxygen atoms in total. The number of carbonyl (C=O) groups is 2. The van der Waals surface area contributed by atoms with Gasteiger partial charge in [-0.1, -0.05) is 0 Å². The molecule has 2 aromatic carbocycles. The third-order valence-electron chi connectivity index (χ3n) is 8.20. The van der Waals surface area contributed by atoms with Gasteiger partial charge in [-0.25, -0.2) is 9.59 Å². The normalized spacial score (nSPS) is 31.4. The van der Waals surface area contributed by atoms with Crippen molar-refractivity contribution >= 4 is 11.9 Å². The second kappa shape index (κ2) is 14.3. The lowest BCUT2D eigenvalue weighted by molar-refractivity contribution is -0.289. The molecule has 9 atom stereocenters. The molecule has 0 amide bonds. The van der Waals surface area contributed by atoms with Gasteiger partial charge in [0.05, 0.1) is 40.1 Å². The number of aliphatic hydroxyl groups is 5. The second-order valence-electron chi connectivity index (χ2n) is 11.6. The highest BCUT2D eigenvalue weighted by molar-refractivity contribution is 5.95. The maximum Gasteiger partial charge on any atom is 0.342 e. The summed E-state index contributed by atoms with van der Waals surface area (Å²) in [6.45, 7) is -0.0435. The maximum absolute atomic E-state index is 12.8. The SMILES string of the molecule is COc1cc(C(=O)OC[C@@]2(O)CO[C@@H](OC[C@H]3O[C@@H](Oc4cc(O)c5c(c4)C[C@@H](C)OC5=O)[C@H](O)[C@@H](O)[C@@H]3O)[C@@H]2O)cc(OC)c1OC. The van der Waals surface area contributed by atoms with E-state index in [9.17, 15) is 40.2 Å². The van der Waals surface area contributed by atoms with Gasteiger partial charge < -0.3 is 73.3 Å². The number of methoxy groups -OCH3 is 3. The first-order valence-corrected chi connectivity index (χ1v) is 14.8. The fourth-order valence-corrected chi connectivity index (χ4v) is 5.59. The molecule has 0 saturated carbocycles. The van der Waals surface area contributed by atoms with E-state index in [4.69, 9.17) is 42.6 Å². The third-order valence-corrected chi connectivity index (χ3v) is 8.20. The number of hydrogen-bond acceptors (Lipinski definition) is 17. The summed E-state index contributed by atoms with van der Waals surface area (Å²) in [6.07, 6.45) is -11.5. The molecule has 48 heavy (non-hydrogen) atoms. The first-order chi connectivity index (χ1) is 22.8. The van der Waals surface area contributed by atoms with Gasteiger partial charge in [0, 0.05) is 12.5 Å². The fraction of sp³-hybridized carbons (Fsp3) is 0.548. The van der Waals surface area contributed by atoms with E-state index in [0.29, 0.717) is 5.56 Å². The van der Waals surface area contributed by atoms with Crippen LogP contribution in [0.15, 0.2) is 24.3 Å². The number of cyclic esters (lactones) is 1. The van der Waals surface area contributed by atoms with Crippen LogP contribution in [-0.4, -0.2) is 139 Å². The van der Waals surface area contributed by atoms with Gasteiger partial charge in [0.25, 0.3) is 0 Å². The minimum atomic E-state index is -2.09. The van der Waals surface area contributed by atoms with E-state index < -0.39 is 92.3 Å². The fourth-order valence-electron chi connectivity index (χ4n) is 5.59. The number of phenolic OH excluding ortho intramolecular Hbond substituents is 1. The Morgan fingerprint density at radius 2 is 1.65 bits per heavy atom. The van der Waals surface area contributed by atoms with Gasteiger partial charge in [-0.05, 0) is 30.7 Å². The van der Waals surface area contributed by atoms with Crippen molar-refractivity contribution < 1.29 is 82.9 Å². The van der Waals surface area contributed by atoms with Crippen molar-refractivity contribution in [2.24, 2.45) is 0 Å². The predicted octanol–water partition coefficient (Wildman–Crippen LogP) is -0.972. The van der Waals surface area contributed by atoms with Crippen molar-refractivity contribution in [1.29, 1.82) is 0 Å². The van der Waals surface area contributed by atoms with E-state index in [1.54, 1.807) is 6.92 Å². The number of ether oxygens (including phenoxy) is 9. The van der Waals surface area contributed by atoms with E-state index in [-0.39, 0.29) is 40.5 Å². The van der Waals surface area contributed by atoms with Crippen molar-refractivity contribution in [1.82, 2.24) is 0 Å². The summed E-state index contributed by atoms with van der Waals surface area (Å²) in [5, 5.41) is 63.8. The first kappa shape index (κ1) is 35.4. The lowest BCUT2D eigenvalue weighted by atomic mass is 9.97. The van der Waals surface area contributed by atoms with Gasteiger partial charge in [0.15, 0.2) is 23.4 Å². The molecule has 264 valence electrons. The van der Waals surface area contributed by atoms with Gasteiger partial charge in [-0.2, -0.15) is 0 Å². The van der Waals surface area contributed by atoms with Crippen LogP contribution >= 0.6 is 0 Å². The van der Waals surface area contributed by atoms with Gasteiger partial charge in [0.2, 0.25) is 12.0 Å². The molecule has 0 radical (unpaired) electrons. The minimum absolute atomic E-state index is 0.00106. The Morgan fingerprint density at radius 1 is 0.958 bits per heavy atom. The molecule has 3 heterocycles. The number of hydrogen-bond donors (Lipinski definition) is 6. The molecule has 2 aromatic rings. The van der Waals surface area contributed by atoms with Crippen LogP contribution in [0.4, 0.5) is 0 Å². The molecule has 6 N–H and O–H groups in total. The average molecular weight is 683 g/mol. The topological polar surface area (TPSA) is 239 Å². The molecule has 0 spiro atoms. The molecule has 5 rings (SSSR count). The maximum atomic E-state index is 12.8. The Kier molecular flexibility index (Phi) is 10.5. The Labute approximate surface area is 274 Å². The van der Waals surface area contributed by atoms with Crippen molar-refractivity contribution in [2.45, 2.75) is 68.1 Å². The van der Waals surface area contributed by atoms with Crippen LogP contribution < -0.4 is 18.9 Å². The number of carbonyl (C=O) groups excluding carboxylic acids is 2. The monoisotopic (exact) mass is 682 g/mol. The van der Waals surface area contributed by atoms with E-state index in [1.165, 1.54) is 39.5 Å². The van der Waals surface area contributed by atoms with E-state index >= 15 is 0 Å². The average Bonchev–Trinajstić information content (AvgIpc) is 3.34. The van der Waals surface area contributed by atoms with Crippen LogP contribution in [0.5, 0.6) is 28.7 Å². The summed E-state index contributed by atoms with van der Waals surface area (Å²) < 4.78 is 48.4. The van der Waals surface area contributed by atoms with Crippen molar-refractivity contribution in [3.8, 4) is 28.7 Å². The molecular weight excluding hydrogens is 644 g/mol. The van der Waals surface area contributed by atoms with Crippen LogP contribution in [0.1, 0.15) is 33.2 Å². The van der Waals surface area contributed by atoms with Crippen molar-refractivity contribution in [3.63, 3.8) is 0 Å². The third kappa shape index (κ3) is 6.94. The van der Waals surface area contributed by atoms with E-state index in [0.717, 1.165) is 6.07 Å². The van der Waals surface area contributed by atoms with E-state index in [1.807, 2.05) is 0 Å². The highest BCUT2D eigenvalue weighted by Gasteiger charge is 2.51. The molecule has 0 bridgehead atoms. The zero-order valence-corrected chi connectivity index (χ0v) is 26.4. The molecule has 2 fully saturated rings. The highest BCUT2D eigenvalue weighted by atomic mass is 16.7. The summed E-state index contributed by atoms with van der Waals surface area (Å²) >= 11 is 0. The minimum Gasteiger partial charge on any atom is -0.507 e. The van der Waals surface area contributed by atoms with Gasteiger partial charge >= 0.3 is 11.9 Å². The van der Waals surface area contributed by atoms with Gasteiger partial charge in [0.1, 0.15) is 60.3 Å². The highest BCUT2D eigenvalue weighted by Crippen LogP contribution is 2.39. The zero-order valence-electron chi connectivity index (χ0n) is 26.4. The van der Waals surface area contributed by atoms with Crippen LogP contribution in [0.3, 0.4) is 0 Å². The Morgan fingerprint density at radius 3 is 2.29 bits per heavy atom. The van der Waals surface area contributed by atoms with Crippen molar-refractivity contribution in [2.75, 3.05) is 41.2 Å².